The number of ether oxygens (including phenoxy) is 1. The van der Waals surface area contributed by atoms with Crippen molar-refractivity contribution >= 4 is 12.0 Å². The molecule has 0 aliphatic carbocycles. The first kappa shape index (κ1) is 13.0. The summed E-state index contributed by atoms with van der Waals surface area (Å²) in [4.78, 5) is 12.8. The number of nitrogens with zero attached hydrogens (tertiary/aromatic N) is 1. The highest BCUT2D eigenvalue weighted by atomic mass is 19.1. The van der Waals surface area contributed by atoms with Crippen LogP contribution < -0.4 is 4.90 Å². The van der Waals surface area contributed by atoms with Gasteiger partial charge in [0, 0.05) is 31.5 Å². The Morgan fingerprint density at radius 1 is 1.44 bits per heavy atom. The van der Waals surface area contributed by atoms with Gasteiger partial charge >= 0.3 is 0 Å². The minimum Gasteiger partial charge on any atom is -0.379 e. The Kier molecular flexibility index (Phi) is 3.97. The van der Waals surface area contributed by atoms with Gasteiger partial charge in [0.2, 0.25) is 0 Å². The van der Waals surface area contributed by atoms with E-state index in [1.165, 1.54) is 12.1 Å². The molecular weight excluding hydrogens is 233 g/mol. The van der Waals surface area contributed by atoms with Crippen LogP contribution in [0.1, 0.15) is 23.7 Å². The zero-order valence-corrected chi connectivity index (χ0v) is 10.7. The SMILES string of the molecule is COC1CN(c2cc(F)cc(C=O)c2)CCC1C. The predicted molar refractivity (Wildman–Crippen MR) is 68.6 cm³/mol. The summed E-state index contributed by atoms with van der Waals surface area (Å²) in [5, 5.41) is 0. The van der Waals surface area contributed by atoms with Gasteiger partial charge in [-0.3, -0.25) is 4.79 Å². The predicted octanol–water partition coefficient (Wildman–Crippen LogP) is 2.50. The summed E-state index contributed by atoms with van der Waals surface area (Å²) in [5.74, 6) is 0.132. The molecule has 0 saturated carbocycles. The number of anilines is 1. The minimum absolute atomic E-state index is 0.154. The van der Waals surface area contributed by atoms with Crippen molar-refractivity contribution in [3.05, 3.63) is 29.6 Å². The largest absolute Gasteiger partial charge is 0.379 e. The van der Waals surface area contributed by atoms with Gasteiger partial charge in [-0.05, 0) is 30.5 Å². The Hall–Kier alpha value is -1.42. The van der Waals surface area contributed by atoms with Gasteiger partial charge in [0.05, 0.1) is 6.10 Å². The molecule has 1 aromatic carbocycles. The molecule has 0 bridgehead atoms. The molecule has 2 atom stereocenters. The maximum atomic E-state index is 13.4. The van der Waals surface area contributed by atoms with E-state index in [0.717, 1.165) is 25.2 Å². The molecule has 4 heteroatoms. The molecule has 3 nitrogen and oxygen atoms in total. The molecule has 1 aliphatic heterocycles. The second-order valence-electron chi connectivity index (χ2n) is 4.85. The lowest BCUT2D eigenvalue weighted by molar-refractivity contribution is 0.0498. The number of piperidine rings is 1. The van der Waals surface area contributed by atoms with E-state index in [-0.39, 0.29) is 11.9 Å². The van der Waals surface area contributed by atoms with Crippen LogP contribution >= 0.6 is 0 Å². The van der Waals surface area contributed by atoms with Crippen LogP contribution in [-0.2, 0) is 4.74 Å². The lowest BCUT2D eigenvalue weighted by Crippen LogP contribution is -2.44. The molecule has 0 amide bonds. The molecule has 0 N–H and O–H groups in total. The van der Waals surface area contributed by atoms with Gasteiger partial charge in [0.1, 0.15) is 12.1 Å². The minimum atomic E-state index is -0.373. The zero-order chi connectivity index (χ0) is 13.1. The van der Waals surface area contributed by atoms with Gasteiger partial charge in [-0.15, -0.1) is 0 Å². The monoisotopic (exact) mass is 251 g/mol. The van der Waals surface area contributed by atoms with Crippen LogP contribution in [0, 0.1) is 11.7 Å². The van der Waals surface area contributed by atoms with E-state index < -0.39 is 0 Å². The van der Waals surface area contributed by atoms with Crippen LogP contribution in [0.2, 0.25) is 0 Å². The normalized spacial score (nSPS) is 24.1. The fourth-order valence-electron chi connectivity index (χ4n) is 2.42. The summed E-state index contributed by atoms with van der Waals surface area (Å²) in [6, 6.07) is 4.44. The Balaban J connectivity index is 2.21. The number of benzene rings is 1. The summed E-state index contributed by atoms with van der Waals surface area (Å²) >= 11 is 0. The summed E-state index contributed by atoms with van der Waals surface area (Å²) < 4.78 is 18.8. The van der Waals surface area contributed by atoms with Crippen molar-refractivity contribution in [2.45, 2.75) is 19.4 Å². The number of rotatable bonds is 3. The zero-order valence-electron chi connectivity index (χ0n) is 10.7. The molecule has 1 heterocycles. The first-order valence-corrected chi connectivity index (χ1v) is 6.17. The van der Waals surface area contributed by atoms with E-state index in [4.69, 9.17) is 4.74 Å². The highest BCUT2D eigenvalue weighted by molar-refractivity contribution is 5.77. The summed E-state index contributed by atoms with van der Waals surface area (Å²) in [5.41, 5.74) is 1.13. The lowest BCUT2D eigenvalue weighted by Gasteiger charge is -2.37. The maximum Gasteiger partial charge on any atom is 0.150 e. The molecule has 0 radical (unpaired) electrons. The summed E-state index contributed by atoms with van der Waals surface area (Å²) in [6.45, 7) is 3.76. The number of hydrogen-bond donors (Lipinski definition) is 0. The van der Waals surface area contributed by atoms with Crippen molar-refractivity contribution in [2.75, 3.05) is 25.1 Å². The average molecular weight is 251 g/mol. The third-order valence-corrected chi connectivity index (χ3v) is 3.60. The summed E-state index contributed by atoms with van der Waals surface area (Å²) in [6.07, 6.45) is 1.83. The van der Waals surface area contributed by atoms with Crippen molar-refractivity contribution in [3.63, 3.8) is 0 Å². The number of halogens is 1. The smallest absolute Gasteiger partial charge is 0.150 e. The Morgan fingerprint density at radius 2 is 2.22 bits per heavy atom. The van der Waals surface area contributed by atoms with E-state index in [1.807, 2.05) is 0 Å². The van der Waals surface area contributed by atoms with Crippen LogP contribution in [-0.4, -0.2) is 32.6 Å². The number of aldehydes is 1. The lowest BCUT2D eigenvalue weighted by atomic mass is 9.95. The van der Waals surface area contributed by atoms with E-state index in [1.54, 1.807) is 13.2 Å². The fourth-order valence-corrected chi connectivity index (χ4v) is 2.42. The number of carbonyl (C=O) groups is 1. The fraction of sp³-hybridized carbons (Fsp3) is 0.500. The van der Waals surface area contributed by atoms with Gasteiger partial charge in [0.25, 0.3) is 0 Å². The Bertz CT molecular complexity index is 436. The van der Waals surface area contributed by atoms with Gasteiger partial charge in [0.15, 0.2) is 0 Å². The van der Waals surface area contributed by atoms with Crippen molar-refractivity contribution in [1.82, 2.24) is 0 Å². The molecule has 0 spiro atoms. The van der Waals surface area contributed by atoms with Crippen molar-refractivity contribution < 1.29 is 13.9 Å². The van der Waals surface area contributed by atoms with Crippen LogP contribution in [0.4, 0.5) is 10.1 Å². The third-order valence-electron chi connectivity index (χ3n) is 3.60. The number of carbonyl (C=O) groups excluding carboxylic acids is 1. The first-order valence-electron chi connectivity index (χ1n) is 6.17. The van der Waals surface area contributed by atoms with Gasteiger partial charge in [-0.2, -0.15) is 0 Å². The molecule has 1 fully saturated rings. The quantitative estimate of drug-likeness (QED) is 0.773. The summed E-state index contributed by atoms with van der Waals surface area (Å²) in [7, 11) is 1.70. The topological polar surface area (TPSA) is 29.5 Å². The molecular formula is C14H18FNO2. The molecule has 18 heavy (non-hydrogen) atoms. The molecule has 98 valence electrons. The van der Waals surface area contributed by atoms with E-state index in [9.17, 15) is 9.18 Å². The molecule has 0 aromatic heterocycles. The van der Waals surface area contributed by atoms with E-state index >= 15 is 0 Å². The highest BCUT2D eigenvalue weighted by Crippen LogP contribution is 2.26. The van der Waals surface area contributed by atoms with Crippen LogP contribution in [0.5, 0.6) is 0 Å². The highest BCUT2D eigenvalue weighted by Gasteiger charge is 2.26. The molecule has 1 aliphatic rings. The second-order valence-corrected chi connectivity index (χ2v) is 4.85. The van der Waals surface area contributed by atoms with Crippen molar-refractivity contribution in [3.8, 4) is 0 Å². The van der Waals surface area contributed by atoms with Crippen LogP contribution in [0.3, 0.4) is 0 Å². The first-order chi connectivity index (χ1) is 8.63. The second kappa shape index (κ2) is 5.48. The van der Waals surface area contributed by atoms with Gasteiger partial charge < -0.3 is 9.64 Å². The van der Waals surface area contributed by atoms with E-state index in [2.05, 4.69) is 11.8 Å². The van der Waals surface area contributed by atoms with Crippen molar-refractivity contribution in [2.24, 2.45) is 5.92 Å². The van der Waals surface area contributed by atoms with Gasteiger partial charge in [-0.25, -0.2) is 4.39 Å². The number of methoxy groups -OCH3 is 1. The van der Waals surface area contributed by atoms with Gasteiger partial charge in [-0.1, -0.05) is 6.92 Å². The Morgan fingerprint density at radius 3 is 2.89 bits per heavy atom. The standard InChI is InChI=1S/C14H18FNO2/c1-10-3-4-16(8-14(10)18-2)13-6-11(9-17)5-12(15)7-13/h5-7,9-10,14H,3-4,8H2,1-2H3. The van der Waals surface area contributed by atoms with Crippen LogP contribution in [0.25, 0.3) is 0 Å². The molecule has 2 unspecified atom stereocenters. The Labute approximate surface area is 107 Å². The third kappa shape index (κ3) is 2.70. The van der Waals surface area contributed by atoms with E-state index in [0.29, 0.717) is 17.8 Å². The average Bonchev–Trinajstić information content (AvgIpc) is 2.38. The molecule has 2 rings (SSSR count). The molecule has 1 saturated heterocycles. The molecule has 1 aromatic rings. The maximum absolute atomic E-state index is 13.4. The van der Waals surface area contributed by atoms with Crippen LogP contribution in [0.15, 0.2) is 18.2 Å². The number of hydrogen-bond acceptors (Lipinski definition) is 3. The van der Waals surface area contributed by atoms with Crippen molar-refractivity contribution in [1.29, 1.82) is 0 Å².